The summed E-state index contributed by atoms with van der Waals surface area (Å²) < 4.78 is 28.6. The van der Waals surface area contributed by atoms with E-state index in [-0.39, 0.29) is 17.3 Å². The van der Waals surface area contributed by atoms with Gasteiger partial charge < -0.3 is 5.32 Å². The number of carbonyl (C=O) groups is 1. The third kappa shape index (κ3) is 4.08. The van der Waals surface area contributed by atoms with Crippen LogP contribution in [0.25, 0.3) is 0 Å². The fourth-order valence-corrected chi connectivity index (χ4v) is 4.43. The molecule has 2 heterocycles. The number of sulfonamides is 1. The molecule has 3 rings (SSSR count). The molecule has 7 nitrogen and oxygen atoms in total. The van der Waals surface area contributed by atoms with Gasteiger partial charge in [0.25, 0.3) is 0 Å². The number of amides is 1. The number of carbonyl (C=O) groups excluding carboxylic acids is 1. The number of rotatable bonds is 5. The number of hydrogen-bond acceptors (Lipinski definition) is 4. The summed E-state index contributed by atoms with van der Waals surface area (Å²) in [4.78, 5) is 12.4. The van der Waals surface area contributed by atoms with Crippen molar-refractivity contribution in [2.75, 3.05) is 18.4 Å². The number of anilines is 1. The largest absolute Gasteiger partial charge is 0.324 e. The Balaban J connectivity index is 1.79. The lowest BCUT2D eigenvalue weighted by Gasteiger charge is -2.26. The standard InChI is InChI=1S/C17H22N4O3S/c1-14-6-7-15(25(23,24)21-10-3-2-4-11-21)12-16(14)19-17(22)13-20-9-5-8-18-20/h5-9,12H,2-4,10-11,13H2,1H3,(H,19,22). The highest BCUT2D eigenvalue weighted by atomic mass is 32.2. The van der Waals surface area contributed by atoms with E-state index in [1.807, 2.05) is 6.92 Å². The van der Waals surface area contributed by atoms with E-state index in [9.17, 15) is 13.2 Å². The third-order valence-electron chi connectivity index (χ3n) is 4.30. The van der Waals surface area contributed by atoms with Crippen molar-refractivity contribution in [3.8, 4) is 0 Å². The first-order valence-electron chi connectivity index (χ1n) is 8.35. The van der Waals surface area contributed by atoms with Crippen LogP contribution in [-0.2, 0) is 21.4 Å². The van der Waals surface area contributed by atoms with E-state index in [1.54, 1.807) is 36.7 Å². The maximum absolute atomic E-state index is 12.8. The van der Waals surface area contributed by atoms with Crippen molar-refractivity contribution in [3.05, 3.63) is 42.2 Å². The van der Waals surface area contributed by atoms with Gasteiger partial charge in [0.1, 0.15) is 6.54 Å². The zero-order valence-corrected chi connectivity index (χ0v) is 15.0. The van der Waals surface area contributed by atoms with Crippen LogP contribution in [0.1, 0.15) is 24.8 Å². The molecule has 1 aromatic carbocycles. The minimum absolute atomic E-state index is 0.0789. The minimum atomic E-state index is -3.52. The molecule has 8 heteroatoms. The van der Waals surface area contributed by atoms with Crippen molar-refractivity contribution in [3.63, 3.8) is 0 Å². The summed E-state index contributed by atoms with van der Waals surface area (Å²) >= 11 is 0. The fourth-order valence-electron chi connectivity index (χ4n) is 2.88. The first kappa shape index (κ1) is 17.6. The van der Waals surface area contributed by atoms with Crippen LogP contribution in [0.4, 0.5) is 5.69 Å². The molecule has 1 aromatic heterocycles. The van der Waals surface area contributed by atoms with Gasteiger partial charge in [-0.15, -0.1) is 0 Å². The van der Waals surface area contributed by atoms with Gasteiger partial charge in [0.15, 0.2) is 0 Å². The number of aromatic nitrogens is 2. The molecule has 25 heavy (non-hydrogen) atoms. The Hall–Kier alpha value is -2.19. The van der Waals surface area contributed by atoms with E-state index >= 15 is 0 Å². The van der Waals surface area contributed by atoms with E-state index in [0.717, 1.165) is 24.8 Å². The molecule has 134 valence electrons. The lowest BCUT2D eigenvalue weighted by atomic mass is 10.2. The average molecular weight is 362 g/mol. The summed E-state index contributed by atoms with van der Waals surface area (Å²) in [7, 11) is -3.52. The van der Waals surface area contributed by atoms with Crippen molar-refractivity contribution in [2.45, 2.75) is 37.6 Å². The summed E-state index contributed by atoms with van der Waals surface area (Å²) in [6, 6.07) is 6.60. The monoisotopic (exact) mass is 362 g/mol. The van der Waals surface area contributed by atoms with Crippen molar-refractivity contribution < 1.29 is 13.2 Å². The summed E-state index contributed by atoms with van der Waals surface area (Å²) in [5.41, 5.74) is 1.32. The predicted molar refractivity (Wildman–Crippen MR) is 94.6 cm³/mol. The molecule has 0 saturated carbocycles. The van der Waals surface area contributed by atoms with Gasteiger partial charge in [0.05, 0.1) is 4.90 Å². The Bertz CT molecular complexity index is 841. The molecule has 1 aliphatic rings. The molecule has 1 amide bonds. The van der Waals surface area contributed by atoms with Gasteiger partial charge in [-0.2, -0.15) is 9.40 Å². The molecule has 0 spiro atoms. The van der Waals surface area contributed by atoms with E-state index in [4.69, 9.17) is 0 Å². The molecule has 0 unspecified atom stereocenters. The van der Waals surface area contributed by atoms with Crippen molar-refractivity contribution in [2.24, 2.45) is 0 Å². The first-order chi connectivity index (χ1) is 12.0. The quantitative estimate of drug-likeness (QED) is 0.882. The Labute approximate surface area is 147 Å². The molecule has 0 aliphatic carbocycles. The van der Waals surface area contributed by atoms with E-state index < -0.39 is 10.0 Å². The maximum Gasteiger partial charge on any atom is 0.246 e. The van der Waals surface area contributed by atoms with Gasteiger partial charge in [0.2, 0.25) is 15.9 Å². The molecule has 0 atom stereocenters. The van der Waals surface area contributed by atoms with Gasteiger partial charge in [-0.25, -0.2) is 8.42 Å². The van der Waals surface area contributed by atoms with Crippen LogP contribution in [0.15, 0.2) is 41.6 Å². The maximum atomic E-state index is 12.8. The average Bonchev–Trinajstić information content (AvgIpc) is 3.10. The third-order valence-corrected chi connectivity index (χ3v) is 6.20. The highest BCUT2D eigenvalue weighted by Gasteiger charge is 2.26. The number of nitrogens with one attached hydrogen (secondary N) is 1. The Morgan fingerprint density at radius 1 is 1.24 bits per heavy atom. The topological polar surface area (TPSA) is 84.3 Å². The Morgan fingerprint density at radius 3 is 2.68 bits per heavy atom. The molecule has 0 bridgehead atoms. The van der Waals surface area contributed by atoms with Crippen LogP contribution >= 0.6 is 0 Å². The highest BCUT2D eigenvalue weighted by molar-refractivity contribution is 7.89. The molecular formula is C17H22N4O3S. The van der Waals surface area contributed by atoms with Gasteiger partial charge >= 0.3 is 0 Å². The van der Waals surface area contributed by atoms with Crippen LogP contribution in [0, 0.1) is 6.92 Å². The molecule has 2 aromatic rings. The van der Waals surface area contributed by atoms with Crippen LogP contribution in [0.2, 0.25) is 0 Å². The van der Waals surface area contributed by atoms with Gasteiger partial charge in [-0.3, -0.25) is 9.48 Å². The van der Waals surface area contributed by atoms with E-state index in [0.29, 0.717) is 18.8 Å². The van der Waals surface area contributed by atoms with Crippen molar-refractivity contribution in [1.29, 1.82) is 0 Å². The zero-order chi connectivity index (χ0) is 17.9. The molecule has 0 radical (unpaired) electrons. The lowest BCUT2D eigenvalue weighted by molar-refractivity contribution is -0.116. The van der Waals surface area contributed by atoms with Crippen molar-refractivity contribution >= 4 is 21.6 Å². The lowest BCUT2D eigenvalue weighted by Crippen LogP contribution is -2.35. The first-order valence-corrected chi connectivity index (χ1v) is 9.79. The van der Waals surface area contributed by atoms with Crippen LogP contribution < -0.4 is 5.32 Å². The summed E-state index contributed by atoms with van der Waals surface area (Å²) in [5, 5.41) is 6.77. The summed E-state index contributed by atoms with van der Waals surface area (Å²) in [5.74, 6) is -0.251. The highest BCUT2D eigenvalue weighted by Crippen LogP contribution is 2.25. The number of aryl methyl sites for hydroxylation is 1. The van der Waals surface area contributed by atoms with E-state index in [2.05, 4.69) is 10.4 Å². The van der Waals surface area contributed by atoms with Crippen LogP contribution in [0.5, 0.6) is 0 Å². The summed E-state index contributed by atoms with van der Waals surface area (Å²) in [6.45, 7) is 3.02. The van der Waals surface area contributed by atoms with Crippen LogP contribution in [0.3, 0.4) is 0 Å². The second-order valence-electron chi connectivity index (χ2n) is 6.19. The van der Waals surface area contributed by atoms with Gasteiger partial charge in [-0.05, 0) is 43.5 Å². The second-order valence-corrected chi connectivity index (χ2v) is 8.13. The number of benzene rings is 1. The smallest absolute Gasteiger partial charge is 0.246 e. The molecule has 1 N–H and O–H groups in total. The number of piperidine rings is 1. The number of hydrogen-bond donors (Lipinski definition) is 1. The molecule has 1 aliphatic heterocycles. The zero-order valence-electron chi connectivity index (χ0n) is 14.2. The van der Waals surface area contributed by atoms with Crippen molar-refractivity contribution in [1.82, 2.24) is 14.1 Å². The van der Waals surface area contributed by atoms with Crippen LogP contribution in [-0.4, -0.2) is 41.5 Å². The normalized spacial score (nSPS) is 15.9. The second kappa shape index (κ2) is 7.37. The van der Waals surface area contributed by atoms with E-state index in [1.165, 1.54) is 8.99 Å². The minimum Gasteiger partial charge on any atom is -0.324 e. The molecule has 1 saturated heterocycles. The molecule has 1 fully saturated rings. The number of nitrogens with zero attached hydrogens (tertiary/aromatic N) is 3. The fraction of sp³-hybridized carbons (Fsp3) is 0.412. The Kier molecular flexibility index (Phi) is 5.19. The van der Waals surface area contributed by atoms with Gasteiger partial charge in [-0.1, -0.05) is 12.5 Å². The predicted octanol–water partition coefficient (Wildman–Crippen LogP) is 2.00. The molecular weight excluding hydrogens is 340 g/mol. The van der Waals surface area contributed by atoms with Gasteiger partial charge in [0, 0.05) is 31.2 Å². The SMILES string of the molecule is Cc1ccc(S(=O)(=O)N2CCCCC2)cc1NC(=O)Cn1cccn1. The summed E-state index contributed by atoms with van der Waals surface area (Å²) in [6.07, 6.45) is 6.14. The Morgan fingerprint density at radius 2 is 2.00 bits per heavy atom.